The first-order valence-electron chi connectivity index (χ1n) is 9.02. The first kappa shape index (κ1) is 18.6. The van der Waals surface area contributed by atoms with Crippen LogP contribution in [0, 0.1) is 0 Å². The third-order valence-electron chi connectivity index (χ3n) is 4.71. The molecule has 1 aliphatic rings. The highest BCUT2D eigenvalue weighted by atomic mass is 35.5. The van der Waals surface area contributed by atoms with Gasteiger partial charge in [0.15, 0.2) is 0 Å². The highest BCUT2D eigenvalue weighted by Crippen LogP contribution is 2.23. The molecule has 2 aromatic heterocycles. The lowest BCUT2D eigenvalue weighted by Crippen LogP contribution is -2.33. The van der Waals surface area contributed by atoms with Crippen molar-refractivity contribution in [2.75, 3.05) is 19.7 Å². The largest absolute Gasteiger partial charge is 0.366 e. The highest BCUT2D eigenvalue weighted by molar-refractivity contribution is 5.85. The van der Waals surface area contributed by atoms with Crippen molar-refractivity contribution in [3.63, 3.8) is 0 Å². The van der Waals surface area contributed by atoms with Crippen molar-refractivity contribution in [2.24, 2.45) is 0 Å². The minimum Gasteiger partial charge on any atom is -0.366 e. The van der Waals surface area contributed by atoms with E-state index in [0.29, 0.717) is 24.9 Å². The predicted octanol–water partition coefficient (Wildman–Crippen LogP) is 3.22. The highest BCUT2D eigenvalue weighted by Gasteiger charge is 2.22. The maximum Gasteiger partial charge on any atom is 0.257 e. The second-order valence-electron chi connectivity index (χ2n) is 6.58. The van der Waals surface area contributed by atoms with E-state index in [0.717, 1.165) is 35.2 Å². The number of para-hydroxylation sites is 2. The van der Waals surface area contributed by atoms with Crippen LogP contribution < -0.4 is 5.32 Å². The molecule has 0 aliphatic carbocycles. The summed E-state index contributed by atoms with van der Waals surface area (Å²) in [7, 11) is 0. The molecule has 0 radical (unpaired) electrons. The van der Waals surface area contributed by atoms with Crippen LogP contribution in [0.4, 0.5) is 0 Å². The number of morpholine rings is 1. The average molecular weight is 398 g/mol. The van der Waals surface area contributed by atoms with Crippen LogP contribution in [0.15, 0.2) is 59.4 Å². The fraction of sp³-hybridized carbons (Fsp3) is 0.250. The lowest BCUT2D eigenvalue weighted by molar-refractivity contribution is 0.00755. The first-order valence-corrected chi connectivity index (χ1v) is 9.02. The first-order chi connectivity index (χ1) is 13.4. The molecule has 4 aromatic rings. The van der Waals surface area contributed by atoms with Crippen molar-refractivity contribution in [1.82, 2.24) is 25.0 Å². The Hall–Kier alpha value is -2.74. The quantitative estimate of drug-likeness (QED) is 0.569. The minimum atomic E-state index is -0.180. The summed E-state index contributed by atoms with van der Waals surface area (Å²) < 4.78 is 13.2. The SMILES string of the molecule is Cl.c1cc(Cn2cnc3ccccc32)cc(-c2noc([C@H]3CNCCO3)n2)c1. The summed E-state index contributed by atoms with van der Waals surface area (Å²) in [5.41, 5.74) is 4.19. The maximum absolute atomic E-state index is 5.68. The summed E-state index contributed by atoms with van der Waals surface area (Å²) >= 11 is 0. The number of aromatic nitrogens is 4. The number of imidazole rings is 1. The zero-order chi connectivity index (χ0) is 18.1. The number of hydrogen-bond donors (Lipinski definition) is 1. The van der Waals surface area contributed by atoms with E-state index < -0.39 is 0 Å². The van der Waals surface area contributed by atoms with E-state index in [1.165, 1.54) is 0 Å². The fourth-order valence-electron chi connectivity index (χ4n) is 3.35. The Balaban J connectivity index is 0.00000192. The molecular weight excluding hydrogens is 378 g/mol. The van der Waals surface area contributed by atoms with Crippen LogP contribution in [0.5, 0.6) is 0 Å². The summed E-state index contributed by atoms with van der Waals surface area (Å²) in [6, 6.07) is 16.3. The van der Waals surface area contributed by atoms with E-state index in [4.69, 9.17) is 9.26 Å². The molecule has 3 heterocycles. The van der Waals surface area contributed by atoms with Crippen LogP contribution >= 0.6 is 12.4 Å². The summed E-state index contributed by atoms with van der Waals surface area (Å²) in [6.07, 6.45) is 1.69. The number of nitrogens with zero attached hydrogens (tertiary/aromatic N) is 4. The summed E-state index contributed by atoms with van der Waals surface area (Å²) in [4.78, 5) is 8.98. The molecule has 0 saturated carbocycles. The lowest BCUT2D eigenvalue weighted by Gasteiger charge is -2.19. The molecule has 0 unspecified atom stereocenters. The Morgan fingerprint density at radius 1 is 1.14 bits per heavy atom. The molecular formula is C20H20ClN5O2. The predicted molar refractivity (Wildman–Crippen MR) is 107 cm³/mol. The second kappa shape index (κ2) is 8.10. The number of hydrogen-bond acceptors (Lipinski definition) is 6. The molecule has 1 fully saturated rings. The number of nitrogens with one attached hydrogen (secondary N) is 1. The van der Waals surface area contributed by atoms with Gasteiger partial charge in [-0.3, -0.25) is 0 Å². The van der Waals surface area contributed by atoms with Crippen LogP contribution in [0.2, 0.25) is 0 Å². The molecule has 0 bridgehead atoms. The van der Waals surface area contributed by atoms with Crippen LogP contribution in [0.1, 0.15) is 17.6 Å². The number of benzene rings is 2. The molecule has 0 amide bonds. The van der Waals surface area contributed by atoms with Crippen LogP contribution in [-0.2, 0) is 11.3 Å². The molecule has 7 nitrogen and oxygen atoms in total. The molecule has 28 heavy (non-hydrogen) atoms. The van der Waals surface area contributed by atoms with Crippen molar-refractivity contribution in [1.29, 1.82) is 0 Å². The standard InChI is InChI=1S/C20H19N5O2.ClH/c1-2-7-17-16(6-1)22-13-25(17)12-14-4-3-5-15(10-14)19-23-20(27-24-19)18-11-21-8-9-26-18;/h1-7,10,13,18,21H,8-9,11-12H2;1H/t18-;/m1./s1. The molecule has 1 saturated heterocycles. The van der Waals surface area contributed by atoms with Crippen LogP contribution in [-0.4, -0.2) is 39.4 Å². The normalized spacial score (nSPS) is 16.8. The Kier molecular flexibility index (Phi) is 5.38. The van der Waals surface area contributed by atoms with E-state index in [9.17, 15) is 0 Å². The number of ether oxygens (including phenoxy) is 1. The van der Waals surface area contributed by atoms with Crippen molar-refractivity contribution in [2.45, 2.75) is 12.6 Å². The number of halogens is 1. The third kappa shape index (κ3) is 3.64. The number of rotatable bonds is 4. The summed E-state index contributed by atoms with van der Waals surface area (Å²) in [6.45, 7) is 2.92. The molecule has 5 rings (SSSR count). The summed E-state index contributed by atoms with van der Waals surface area (Å²) in [5.74, 6) is 1.10. The molecule has 8 heteroatoms. The third-order valence-corrected chi connectivity index (χ3v) is 4.71. The van der Waals surface area contributed by atoms with E-state index in [-0.39, 0.29) is 18.5 Å². The van der Waals surface area contributed by atoms with Gasteiger partial charge in [-0.05, 0) is 23.8 Å². The molecule has 2 aromatic carbocycles. The van der Waals surface area contributed by atoms with E-state index >= 15 is 0 Å². The zero-order valence-electron chi connectivity index (χ0n) is 15.1. The zero-order valence-corrected chi connectivity index (χ0v) is 15.9. The Labute approximate surface area is 168 Å². The molecule has 1 atom stereocenters. The lowest BCUT2D eigenvalue weighted by atomic mass is 10.1. The van der Waals surface area contributed by atoms with Gasteiger partial charge < -0.3 is 19.1 Å². The van der Waals surface area contributed by atoms with Crippen molar-refractivity contribution in [3.05, 3.63) is 66.3 Å². The van der Waals surface area contributed by atoms with Crippen molar-refractivity contribution in [3.8, 4) is 11.4 Å². The van der Waals surface area contributed by atoms with Gasteiger partial charge in [-0.25, -0.2) is 4.98 Å². The van der Waals surface area contributed by atoms with Gasteiger partial charge in [-0.2, -0.15) is 4.98 Å². The van der Waals surface area contributed by atoms with Crippen molar-refractivity contribution >= 4 is 23.4 Å². The van der Waals surface area contributed by atoms with E-state index in [1.807, 2.05) is 36.7 Å². The Bertz CT molecular complexity index is 1070. The van der Waals surface area contributed by atoms with Gasteiger partial charge in [0.2, 0.25) is 5.82 Å². The minimum absolute atomic E-state index is 0. The fourth-order valence-corrected chi connectivity index (χ4v) is 3.35. The van der Waals surface area contributed by atoms with Crippen LogP contribution in [0.3, 0.4) is 0 Å². The monoisotopic (exact) mass is 397 g/mol. The smallest absolute Gasteiger partial charge is 0.257 e. The Morgan fingerprint density at radius 3 is 2.96 bits per heavy atom. The second-order valence-corrected chi connectivity index (χ2v) is 6.58. The maximum atomic E-state index is 5.68. The van der Waals surface area contributed by atoms with Gasteiger partial charge in [-0.15, -0.1) is 12.4 Å². The molecule has 1 aliphatic heterocycles. The van der Waals surface area contributed by atoms with E-state index in [1.54, 1.807) is 0 Å². The van der Waals surface area contributed by atoms with Gasteiger partial charge in [0.25, 0.3) is 5.89 Å². The van der Waals surface area contributed by atoms with Gasteiger partial charge in [0.05, 0.1) is 24.0 Å². The molecule has 1 N–H and O–H groups in total. The van der Waals surface area contributed by atoms with Gasteiger partial charge >= 0.3 is 0 Å². The molecule has 0 spiro atoms. The van der Waals surface area contributed by atoms with Gasteiger partial charge in [-0.1, -0.05) is 35.5 Å². The van der Waals surface area contributed by atoms with E-state index in [2.05, 4.69) is 43.2 Å². The molecule has 144 valence electrons. The number of fused-ring (bicyclic) bond motifs is 1. The van der Waals surface area contributed by atoms with Crippen molar-refractivity contribution < 1.29 is 9.26 Å². The van der Waals surface area contributed by atoms with Gasteiger partial charge in [0, 0.05) is 25.2 Å². The van der Waals surface area contributed by atoms with Gasteiger partial charge in [0.1, 0.15) is 6.10 Å². The summed E-state index contributed by atoms with van der Waals surface area (Å²) in [5, 5.41) is 7.41. The average Bonchev–Trinajstić information content (AvgIpc) is 3.37. The topological polar surface area (TPSA) is 78.0 Å². The van der Waals surface area contributed by atoms with Crippen LogP contribution in [0.25, 0.3) is 22.4 Å². The Morgan fingerprint density at radius 2 is 2.07 bits per heavy atom.